The van der Waals surface area contributed by atoms with Crippen molar-refractivity contribution >= 4 is 17.4 Å². The lowest BCUT2D eigenvalue weighted by Gasteiger charge is -2.13. The number of carbonyl (C=O) groups is 1. The van der Waals surface area contributed by atoms with Gasteiger partial charge in [-0.25, -0.2) is 4.79 Å². The molecule has 0 aliphatic rings. The average Bonchev–Trinajstić information content (AvgIpc) is 2.26. The molecule has 2 amide bonds. The van der Waals surface area contributed by atoms with Gasteiger partial charge in [-0.05, 0) is 30.5 Å². The maximum atomic E-state index is 10.7. The highest BCUT2D eigenvalue weighted by atomic mass is 16.2. The van der Waals surface area contributed by atoms with E-state index < -0.39 is 6.03 Å². The Kier molecular flexibility index (Phi) is 5.33. The first-order chi connectivity index (χ1) is 8.11. The molecule has 0 heterocycles. The molecule has 1 aromatic carbocycles. The smallest absolute Gasteiger partial charge is 0.316 e. The Balaban J connectivity index is 2.50. The van der Waals surface area contributed by atoms with E-state index in [-0.39, 0.29) is 0 Å². The van der Waals surface area contributed by atoms with Crippen molar-refractivity contribution in [3.63, 3.8) is 0 Å². The highest BCUT2D eigenvalue weighted by Gasteiger charge is 2.01. The Hall–Kier alpha value is -1.71. The van der Waals surface area contributed by atoms with Crippen LogP contribution in [0.1, 0.15) is 26.7 Å². The number of anilines is 2. The van der Waals surface area contributed by atoms with E-state index >= 15 is 0 Å². The zero-order valence-corrected chi connectivity index (χ0v) is 10.5. The summed E-state index contributed by atoms with van der Waals surface area (Å²) < 4.78 is 0. The summed E-state index contributed by atoms with van der Waals surface area (Å²) in [6.45, 7) is 5.35. The first-order valence-electron chi connectivity index (χ1n) is 6.02. The van der Waals surface area contributed by atoms with E-state index in [4.69, 9.17) is 5.73 Å². The molecule has 1 rings (SSSR count). The fraction of sp³-hybridized carbons (Fsp3) is 0.462. The van der Waals surface area contributed by atoms with E-state index in [1.54, 1.807) is 0 Å². The molecule has 0 bridgehead atoms. The molecule has 0 aliphatic heterocycles. The van der Waals surface area contributed by atoms with Gasteiger partial charge in [-0.15, -0.1) is 0 Å². The minimum Gasteiger partial charge on any atom is -0.385 e. The highest BCUT2D eigenvalue weighted by Crippen LogP contribution is 2.16. The molecular formula is C13H21N3O. The average molecular weight is 235 g/mol. The molecule has 0 saturated heterocycles. The van der Waals surface area contributed by atoms with Crippen LogP contribution in [0.2, 0.25) is 0 Å². The molecule has 0 fully saturated rings. The van der Waals surface area contributed by atoms with Gasteiger partial charge < -0.3 is 16.4 Å². The zero-order chi connectivity index (χ0) is 12.7. The lowest BCUT2D eigenvalue weighted by atomic mass is 10.1. The molecule has 0 saturated carbocycles. The third-order valence-electron chi connectivity index (χ3n) is 2.57. The molecular weight excluding hydrogens is 214 g/mol. The number of nitrogens with one attached hydrogen (secondary N) is 2. The van der Waals surface area contributed by atoms with Gasteiger partial charge in [0.25, 0.3) is 0 Å². The third-order valence-corrected chi connectivity index (χ3v) is 2.57. The van der Waals surface area contributed by atoms with Crippen molar-refractivity contribution in [2.45, 2.75) is 26.7 Å². The van der Waals surface area contributed by atoms with Crippen LogP contribution in [-0.2, 0) is 0 Å². The lowest BCUT2D eigenvalue weighted by Crippen LogP contribution is -2.19. The number of urea groups is 1. The summed E-state index contributed by atoms with van der Waals surface area (Å²) in [5.74, 6) is 0.646. The molecule has 1 aromatic rings. The van der Waals surface area contributed by atoms with Crippen molar-refractivity contribution in [1.29, 1.82) is 0 Å². The van der Waals surface area contributed by atoms with Gasteiger partial charge in [0, 0.05) is 17.9 Å². The van der Waals surface area contributed by atoms with Crippen LogP contribution in [-0.4, -0.2) is 12.6 Å². The van der Waals surface area contributed by atoms with Crippen LogP contribution in [0.4, 0.5) is 16.2 Å². The van der Waals surface area contributed by atoms with E-state index in [9.17, 15) is 4.79 Å². The van der Waals surface area contributed by atoms with Crippen molar-refractivity contribution in [3.8, 4) is 0 Å². The molecule has 1 atom stereocenters. The van der Waals surface area contributed by atoms with Crippen LogP contribution in [0, 0.1) is 5.92 Å². The predicted molar refractivity (Wildman–Crippen MR) is 72.2 cm³/mol. The Bertz CT molecular complexity index is 365. The third kappa shape index (κ3) is 5.24. The van der Waals surface area contributed by atoms with Crippen molar-refractivity contribution in [3.05, 3.63) is 24.3 Å². The number of benzene rings is 1. The van der Waals surface area contributed by atoms with E-state index in [2.05, 4.69) is 24.5 Å². The second-order valence-electron chi connectivity index (χ2n) is 4.34. The fourth-order valence-electron chi connectivity index (χ4n) is 1.74. The fourth-order valence-corrected chi connectivity index (χ4v) is 1.74. The van der Waals surface area contributed by atoms with Crippen LogP contribution in [0.25, 0.3) is 0 Å². The number of hydrogen-bond donors (Lipinski definition) is 3. The van der Waals surface area contributed by atoms with E-state index in [1.165, 1.54) is 12.8 Å². The Morgan fingerprint density at radius 2 is 2.12 bits per heavy atom. The maximum Gasteiger partial charge on any atom is 0.316 e. The summed E-state index contributed by atoms with van der Waals surface area (Å²) in [7, 11) is 0. The molecule has 0 aliphatic carbocycles. The Labute approximate surface area is 103 Å². The van der Waals surface area contributed by atoms with Gasteiger partial charge in [0.1, 0.15) is 0 Å². The highest BCUT2D eigenvalue weighted by molar-refractivity contribution is 5.88. The largest absolute Gasteiger partial charge is 0.385 e. The summed E-state index contributed by atoms with van der Waals surface area (Å²) in [6, 6.07) is 7.01. The molecule has 1 unspecified atom stereocenters. The number of rotatable bonds is 6. The van der Waals surface area contributed by atoms with Crippen LogP contribution in [0.3, 0.4) is 0 Å². The lowest BCUT2D eigenvalue weighted by molar-refractivity contribution is 0.259. The predicted octanol–water partition coefficient (Wildman–Crippen LogP) is 3.03. The van der Waals surface area contributed by atoms with Crippen molar-refractivity contribution in [2.75, 3.05) is 17.2 Å². The molecule has 0 spiro atoms. The van der Waals surface area contributed by atoms with E-state index in [0.717, 1.165) is 12.2 Å². The van der Waals surface area contributed by atoms with E-state index in [0.29, 0.717) is 11.6 Å². The van der Waals surface area contributed by atoms with Gasteiger partial charge in [0.05, 0.1) is 0 Å². The normalized spacial score (nSPS) is 11.9. The van der Waals surface area contributed by atoms with Crippen molar-refractivity contribution in [2.24, 2.45) is 11.7 Å². The number of hydrogen-bond acceptors (Lipinski definition) is 2. The van der Waals surface area contributed by atoms with Crippen LogP contribution < -0.4 is 16.4 Å². The van der Waals surface area contributed by atoms with Crippen LogP contribution in [0.15, 0.2) is 24.3 Å². The SMILES string of the molecule is CCCC(C)CNc1cccc(NC(N)=O)c1. The Morgan fingerprint density at radius 3 is 2.76 bits per heavy atom. The van der Waals surface area contributed by atoms with Crippen molar-refractivity contribution < 1.29 is 4.79 Å². The van der Waals surface area contributed by atoms with Gasteiger partial charge >= 0.3 is 6.03 Å². The summed E-state index contributed by atoms with van der Waals surface area (Å²) in [4.78, 5) is 10.7. The van der Waals surface area contributed by atoms with Gasteiger partial charge in [0.2, 0.25) is 0 Å². The molecule has 4 nitrogen and oxygen atoms in total. The standard InChI is InChI=1S/C13H21N3O/c1-3-5-10(2)9-15-11-6-4-7-12(8-11)16-13(14)17/h4,6-8,10,15H,3,5,9H2,1-2H3,(H3,14,16,17). The van der Waals surface area contributed by atoms with Crippen molar-refractivity contribution in [1.82, 2.24) is 0 Å². The molecule has 0 radical (unpaired) electrons. The Morgan fingerprint density at radius 1 is 1.41 bits per heavy atom. The molecule has 17 heavy (non-hydrogen) atoms. The molecule has 94 valence electrons. The van der Waals surface area contributed by atoms with Crippen LogP contribution >= 0.6 is 0 Å². The van der Waals surface area contributed by atoms with Gasteiger partial charge in [0.15, 0.2) is 0 Å². The van der Waals surface area contributed by atoms with Gasteiger partial charge in [-0.1, -0.05) is 26.3 Å². The zero-order valence-electron chi connectivity index (χ0n) is 10.5. The first-order valence-corrected chi connectivity index (χ1v) is 6.02. The number of amides is 2. The summed E-state index contributed by atoms with van der Waals surface area (Å²) in [5, 5.41) is 5.91. The quantitative estimate of drug-likeness (QED) is 0.709. The minimum atomic E-state index is -0.540. The van der Waals surface area contributed by atoms with Gasteiger partial charge in [-0.2, -0.15) is 0 Å². The number of carbonyl (C=O) groups excluding carboxylic acids is 1. The molecule has 4 heteroatoms. The van der Waals surface area contributed by atoms with Gasteiger partial charge in [-0.3, -0.25) is 0 Å². The van der Waals surface area contributed by atoms with Crippen LogP contribution in [0.5, 0.6) is 0 Å². The summed E-state index contributed by atoms with van der Waals surface area (Å²) in [5.41, 5.74) is 6.78. The molecule has 4 N–H and O–H groups in total. The first kappa shape index (κ1) is 13.4. The second-order valence-corrected chi connectivity index (χ2v) is 4.34. The minimum absolute atomic E-state index is 0.540. The maximum absolute atomic E-state index is 10.7. The summed E-state index contributed by atoms with van der Waals surface area (Å²) in [6.07, 6.45) is 2.42. The molecule has 0 aromatic heterocycles. The number of nitrogens with two attached hydrogens (primary N) is 1. The van der Waals surface area contributed by atoms with E-state index in [1.807, 2.05) is 24.3 Å². The second kappa shape index (κ2) is 6.78. The summed E-state index contributed by atoms with van der Waals surface area (Å²) >= 11 is 0. The monoisotopic (exact) mass is 235 g/mol. The topological polar surface area (TPSA) is 67.2 Å². The number of primary amides is 1.